The van der Waals surface area contributed by atoms with Crippen LogP contribution in [0, 0.1) is 0 Å². The molecule has 0 aliphatic carbocycles. The van der Waals surface area contributed by atoms with Crippen LogP contribution in [0.25, 0.3) is 22.2 Å². The molecule has 3 rings (SSSR count). The summed E-state index contributed by atoms with van der Waals surface area (Å²) in [5, 5.41) is 0.408. The fourth-order valence-corrected chi connectivity index (χ4v) is 3.14. The molecule has 0 spiro atoms. The maximum Gasteiger partial charge on any atom is 0.238 e. The Kier molecular flexibility index (Phi) is 5.11. The molecule has 124 valence electrons. The molecular weight excluding hydrogens is 394 g/mol. The largest absolute Gasteiger partial charge is 0.492 e. The van der Waals surface area contributed by atoms with Gasteiger partial charge in [0.2, 0.25) is 5.89 Å². The molecule has 0 aliphatic rings. The standard InChI is InChI=1S/C18H15BrClNO3/c1-3-23-16-10-11(8-12(19)17(16)22-2)9-13(20)18-21-14-6-4-5-7-15(14)24-18/h4-10H,3H2,1-2H3/b13-9-. The van der Waals surface area contributed by atoms with Gasteiger partial charge >= 0.3 is 0 Å². The van der Waals surface area contributed by atoms with Crippen molar-refractivity contribution in [3.05, 3.63) is 52.3 Å². The van der Waals surface area contributed by atoms with Gasteiger partial charge in [-0.2, -0.15) is 0 Å². The maximum absolute atomic E-state index is 6.39. The molecule has 0 fully saturated rings. The summed E-state index contributed by atoms with van der Waals surface area (Å²) in [6.45, 7) is 2.45. The molecule has 0 saturated carbocycles. The first-order chi connectivity index (χ1) is 11.6. The normalized spacial score (nSPS) is 11.8. The second kappa shape index (κ2) is 7.28. The molecule has 4 nitrogen and oxygen atoms in total. The molecular formula is C18H15BrClNO3. The molecule has 3 aromatic rings. The number of hydrogen-bond acceptors (Lipinski definition) is 4. The SMILES string of the molecule is CCOc1cc(/C=C(\Cl)c2nc3ccccc3o2)cc(Br)c1OC. The second-order valence-corrected chi connectivity index (χ2v) is 6.21. The van der Waals surface area contributed by atoms with Crippen molar-refractivity contribution in [3.63, 3.8) is 0 Å². The summed E-state index contributed by atoms with van der Waals surface area (Å²) in [4.78, 5) is 4.39. The zero-order chi connectivity index (χ0) is 17.1. The summed E-state index contributed by atoms with van der Waals surface area (Å²) >= 11 is 9.87. The van der Waals surface area contributed by atoms with Gasteiger partial charge in [-0.3, -0.25) is 0 Å². The molecule has 0 amide bonds. The number of methoxy groups -OCH3 is 1. The minimum absolute atomic E-state index is 0.378. The molecule has 1 heterocycles. The highest BCUT2D eigenvalue weighted by molar-refractivity contribution is 9.10. The van der Waals surface area contributed by atoms with Gasteiger partial charge in [-0.05, 0) is 58.8 Å². The van der Waals surface area contributed by atoms with E-state index < -0.39 is 0 Å². The Morgan fingerprint density at radius 1 is 1.33 bits per heavy atom. The summed E-state index contributed by atoms with van der Waals surface area (Å²) in [5.74, 6) is 1.66. The summed E-state index contributed by atoms with van der Waals surface area (Å²) in [6.07, 6.45) is 1.78. The topological polar surface area (TPSA) is 44.5 Å². The van der Waals surface area contributed by atoms with E-state index in [0.29, 0.717) is 34.6 Å². The summed E-state index contributed by atoms with van der Waals surface area (Å²) in [5.41, 5.74) is 2.31. The smallest absolute Gasteiger partial charge is 0.238 e. The van der Waals surface area contributed by atoms with Crippen molar-refractivity contribution in [1.29, 1.82) is 0 Å². The Bertz CT molecular complexity index is 871. The molecule has 0 bridgehead atoms. The fourth-order valence-electron chi connectivity index (χ4n) is 2.31. The molecule has 0 N–H and O–H groups in total. The molecule has 6 heteroatoms. The van der Waals surface area contributed by atoms with Crippen LogP contribution >= 0.6 is 27.5 Å². The molecule has 0 atom stereocenters. The lowest BCUT2D eigenvalue weighted by atomic mass is 10.2. The van der Waals surface area contributed by atoms with E-state index in [9.17, 15) is 0 Å². The van der Waals surface area contributed by atoms with Crippen LogP contribution in [0.2, 0.25) is 0 Å². The van der Waals surface area contributed by atoms with Crippen molar-refractivity contribution in [2.75, 3.05) is 13.7 Å². The first kappa shape index (κ1) is 16.9. The summed E-state index contributed by atoms with van der Waals surface area (Å²) < 4.78 is 17.4. The van der Waals surface area contributed by atoms with E-state index in [0.717, 1.165) is 15.6 Å². The van der Waals surface area contributed by atoms with Gasteiger partial charge in [0, 0.05) is 0 Å². The van der Waals surface area contributed by atoms with E-state index in [-0.39, 0.29) is 0 Å². The molecule has 0 radical (unpaired) electrons. The first-order valence-corrected chi connectivity index (χ1v) is 8.53. The molecule has 0 unspecified atom stereocenters. The third-order valence-electron chi connectivity index (χ3n) is 3.33. The highest BCUT2D eigenvalue weighted by Crippen LogP contribution is 2.38. The predicted molar refractivity (Wildman–Crippen MR) is 99.6 cm³/mol. The summed E-state index contributed by atoms with van der Waals surface area (Å²) in [6, 6.07) is 11.3. The summed E-state index contributed by atoms with van der Waals surface area (Å²) in [7, 11) is 1.60. The van der Waals surface area contributed by atoms with Crippen LogP contribution in [0.5, 0.6) is 11.5 Å². The lowest BCUT2D eigenvalue weighted by Crippen LogP contribution is -1.96. The van der Waals surface area contributed by atoms with Crippen molar-refractivity contribution < 1.29 is 13.9 Å². The number of oxazole rings is 1. The van der Waals surface area contributed by atoms with E-state index in [1.165, 1.54) is 0 Å². The maximum atomic E-state index is 6.39. The number of ether oxygens (including phenoxy) is 2. The Morgan fingerprint density at radius 3 is 2.83 bits per heavy atom. The van der Waals surface area contributed by atoms with Gasteiger partial charge in [0.1, 0.15) is 10.5 Å². The molecule has 0 saturated heterocycles. The minimum atomic E-state index is 0.378. The van der Waals surface area contributed by atoms with E-state index in [4.69, 9.17) is 25.5 Å². The number of fused-ring (bicyclic) bond motifs is 1. The number of para-hydroxylation sites is 2. The number of benzene rings is 2. The van der Waals surface area contributed by atoms with E-state index in [1.54, 1.807) is 13.2 Å². The third-order valence-corrected chi connectivity index (χ3v) is 4.19. The Hall–Kier alpha value is -1.98. The van der Waals surface area contributed by atoms with Gasteiger partial charge in [0.15, 0.2) is 17.1 Å². The quantitative estimate of drug-likeness (QED) is 0.540. The van der Waals surface area contributed by atoms with Gasteiger partial charge < -0.3 is 13.9 Å². The third kappa shape index (κ3) is 3.42. The Morgan fingerprint density at radius 2 is 2.12 bits per heavy atom. The van der Waals surface area contributed by atoms with Crippen molar-refractivity contribution in [2.24, 2.45) is 0 Å². The number of nitrogens with zero attached hydrogens (tertiary/aromatic N) is 1. The molecule has 0 aliphatic heterocycles. The molecule has 24 heavy (non-hydrogen) atoms. The number of halogens is 2. The van der Waals surface area contributed by atoms with Crippen LogP contribution < -0.4 is 9.47 Å². The van der Waals surface area contributed by atoms with Gasteiger partial charge in [0.25, 0.3) is 0 Å². The van der Waals surface area contributed by atoms with Crippen LogP contribution in [-0.4, -0.2) is 18.7 Å². The average Bonchev–Trinajstić information content (AvgIpc) is 2.99. The van der Waals surface area contributed by atoms with Crippen molar-refractivity contribution in [3.8, 4) is 11.5 Å². The van der Waals surface area contributed by atoms with Crippen molar-refractivity contribution in [1.82, 2.24) is 4.98 Å². The fraction of sp³-hybridized carbons (Fsp3) is 0.167. The van der Waals surface area contributed by atoms with Crippen molar-refractivity contribution >= 4 is 49.7 Å². The first-order valence-electron chi connectivity index (χ1n) is 7.36. The Balaban J connectivity index is 2.00. The minimum Gasteiger partial charge on any atom is -0.492 e. The second-order valence-electron chi connectivity index (χ2n) is 4.95. The van der Waals surface area contributed by atoms with Crippen molar-refractivity contribution in [2.45, 2.75) is 6.92 Å². The zero-order valence-electron chi connectivity index (χ0n) is 13.2. The molecule has 2 aromatic carbocycles. The highest BCUT2D eigenvalue weighted by Gasteiger charge is 2.13. The van der Waals surface area contributed by atoms with Crippen LogP contribution in [0.15, 0.2) is 45.3 Å². The molecule has 1 aromatic heterocycles. The highest BCUT2D eigenvalue weighted by atomic mass is 79.9. The predicted octanol–water partition coefficient (Wildman–Crippen LogP) is 5.73. The lowest BCUT2D eigenvalue weighted by Gasteiger charge is -2.12. The van der Waals surface area contributed by atoms with Gasteiger partial charge in [-0.1, -0.05) is 23.7 Å². The number of hydrogen-bond donors (Lipinski definition) is 0. The van der Waals surface area contributed by atoms with E-state index >= 15 is 0 Å². The van der Waals surface area contributed by atoms with Gasteiger partial charge in [0.05, 0.1) is 18.2 Å². The average molecular weight is 409 g/mol. The van der Waals surface area contributed by atoms with E-state index in [2.05, 4.69) is 20.9 Å². The lowest BCUT2D eigenvalue weighted by molar-refractivity contribution is 0.310. The van der Waals surface area contributed by atoms with Crippen LogP contribution in [0.3, 0.4) is 0 Å². The van der Waals surface area contributed by atoms with Crippen LogP contribution in [-0.2, 0) is 0 Å². The van der Waals surface area contributed by atoms with Crippen LogP contribution in [0.1, 0.15) is 18.4 Å². The number of rotatable bonds is 5. The van der Waals surface area contributed by atoms with E-state index in [1.807, 2.05) is 43.3 Å². The van der Waals surface area contributed by atoms with Crippen LogP contribution in [0.4, 0.5) is 0 Å². The van der Waals surface area contributed by atoms with Gasteiger partial charge in [-0.25, -0.2) is 4.98 Å². The Labute approximate surface area is 153 Å². The monoisotopic (exact) mass is 407 g/mol. The number of aromatic nitrogens is 1. The zero-order valence-corrected chi connectivity index (χ0v) is 15.5. The van der Waals surface area contributed by atoms with Gasteiger partial charge in [-0.15, -0.1) is 0 Å².